The van der Waals surface area contributed by atoms with Gasteiger partial charge in [0.1, 0.15) is 11.8 Å². The lowest BCUT2D eigenvalue weighted by Gasteiger charge is -2.31. The number of nitrogens with zero attached hydrogens (tertiary/aromatic N) is 1. The quantitative estimate of drug-likeness (QED) is 0.511. The summed E-state index contributed by atoms with van der Waals surface area (Å²) in [6.07, 6.45) is 0. The molecule has 0 fully saturated rings. The maximum Gasteiger partial charge on any atom is 0.261 e. The highest BCUT2D eigenvalue weighted by atomic mass is 79.9. The number of aryl methyl sites for hydroxylation is 1. The highest BCUT2D eigenvalue weighted by Gasteiger charge is 2.28. The molecule has 2 aromatic carbocycles. The van der Waals surface area contributed by atoms with E-state index >= 15 is 0 Å². The fraction of sp³-hybridized carbons (Fsp3) is 0.462. The van der Waals surface area contributed by atoms with Crippen LogP contribution in [-0.2, 0) is 16.1 Å². The second kappa shape index (κ2) is 11.0. The second-order valence-corrected chi connectivity index (χ2v) is 10.4. The standard InChI is InChI=1S/C26H35BrN2O3/c1-17(2)21-11-12-23(22(27)14-21)32-16-24(30)29(15-20-10-8-9-18(3)13-20)19(4)25(31)28-26(5,6)7/h8-14,17,19H,15-16H2,1-7H3,(H,28,31)/t19-/m1/s1. The van der Waals surface area contributed by atoms with Gasteiger partial charge in [0.25, 0.3) is 5.91 Å². The van der Waals surface area contributed by atoms with Gasteiger partial charge in [-0.05, 0) is 79.7 Å². The van der Waals surface area contributed by atoms with E-state index < -0.39 is 6.04 Å². The molecule has 2 amide bonds. The summed E-state index contributed by atoms with van der Waals surface area (Å²) in [6.45, 7) is 13.9. The van der Waals surface area contributed by atoms with Gasteiger partial charge in [-0.1, -0.05) is 49.7 Å². The SMILES string of the molecule is Cc1cccc(CN(C(=O)COc2ccc(C(C)C)cc2Br)[C@H](C)C(=O)NC(C)(C)C)c1. The van der Waals surface area contributed by atoms with Crippen molar-refractivity contribution in [2.24, 2.45) is 0 Å². The van der Waals surface area contributed by atoms with Crippen LogP contribution in [-0.4, -0.2) is 34.9 Å². The lowest BCUT2D eigenvalue weighted by Crippen LogP contribution is -2.53. The van der Waals surface area contributed by atoms with Crippen molar-refractivity contribution in [3.63, 3.8) is 0 Å². The van der Waals surface area contributed by atoms with E-state index in [4.69, 9.17) is 4.74 Å². The molecular formula is C26H35BrN2O3. The Labute approximate surface area is 200 Å². The number of hydrogen-bond donors (Lipinski definition) is 1. The number of halogens is 1. The Morgan fingerprint density at radius 2 is 1.78 bits per heavy atom. The van der Waals surface area contributed by atoms with Gasteiger partial charge in [0.05, 0.1) is 4.47 Å². The molecule has 6 heteroatoms. The highest BCUT2D eigenvalue weighted by molar-refractivity contribution is 9.10. The van der Waals surface area contributed by atoms with Crippen LogP contribution in [0.15, 0.2) is 46.9 Å². The molecule has 1 atom stereocenters. The van der Waals surface area contributed by atoms with Gasteiger partial charge < -0.3 is 15.0 Å². The molecule has 0 aliphatic rings. The Kier molecular flexibility index (Phi) is 8.90. The molecule has 1 N–H and O–H groups in total. The van der Waals surface area contributed by atoms with Gasteiger partial charge in [0.2, 0.25) is 5.91 Å². The monoisotopic (exact) mass is 502 g/mol. The lowest BCUT2D eigenvalue weighted by molar-refractivity contribution is -0.142. The first kappa shape index (κ1) is 25.9. The number of rotatable bonds is 8. The molecule has 0 aliphatic heterocycles. The van der Waals surface area contributed by atoms with Crippen LogP contribution in [0.5, 0.6) is 5.75 Å². The van der Waals surface area contributed by atoms with E-state index in [1.807, 2.05) is 70.2 Å². The molecular weight excluding hydrogens is 468 g/mol. The fourth-order valence-corrected chi connectivity index (χ4v) is 3.79. The molecule has 0 unspecified atom stereocenters. The number of benzene rings is 2. The minimum absolute atomic E-state index is 0.154. The Hall–Kier alpha value is -2.34. The summed E-state index contributed by atoms with van der Waals surface area (Å²) in [6, 6.07) is 13.2. The smallest absolute Gasteiger partial charge is 0.261 e. The minimum Gasteiger partial charge on any atom is -0.483 e. The van der Waals surface area contributed by atoms with Crippen LogP contribution in [0.25, 0.3) is 0 Å². The molecule has 32 heavy (non-hydrogen) atoms. The third-order valence-electron chi connectivity index (χ3n) is 5.07. The molecule has 0 aromatic heterocycles. The average Bonchev–Trinajstić information content (AvgIpc) is 2.69. The molecule has 0 radical (unpaired) electrons. The molecule has 0 saturated carbocycles. The van der Waals surface area contributed by atoms with E-state index in [1.165, 1.54) is 5.56 Å². The molecule has 0 bridgehead atoms. The van der Waals surface area contributed by atoms with Gasteiger partial charge in [0.15, 0.2) is 6.61 Å². The number of carbonyl (C=O) groups excluding carboxylic acids is 2. The molecule has 0 heterocycles. The molecule has 0 saturated heterocycles. The maximum absolute atomic E-state index is 13.2. The zero-order valence-corrected chi connectivity index (χ0v) is 21.7. The van der Waals surface area contributed by atoms with Gasteiger partial charge in [0, 0.05) is 12.1 Å². The summed E-state index contributed by atoms with van der Waals surface area (Å²) >= 11 is 3.54. The third-order valence-corrected chi connectivity index (χ3v) is 5.69. The predicted molar refractivity (Wildman–Crippen MR) is 133 cm³/mol. The van der Waals surface area contributed by atoms with Gasteiger partial charge in [-0.15, -0.1) is 0 Å². The van der Waals surface area contributed by atoms with Gasteiger partial charge in [-0.25, -0.2) is 0 Å². The van der Waals surface area contributed by atoms with Gasteiger partial charge in [-0.2, -0.15) is 0 Å². The van der Waals surface area contributed by atoms with E-state index in [0.29, 0.717) is 18.2 Å². The van der Waals surface area contributed by atoms with Crippen molar-refractivity contribution in [1.82, 2.24) is 10.2 Å². The van der Waals surface area contributed by atoms with Crippen molar-refractivity contribution in [1.29, 1.82) is 0 Å². The average molecular weight is 503 g/mol. The topological polar surface area (TPSA) is 58.6 Å². The predicted octanol–water partition coefficient (Wildman–Crippen LogP) is 5.59. The van der Waals surface area contributed by atoms with Crippen LogP contribution in [0.2, 0.25) is 0 Å². The second-order valence-electron chi connectivity index (χ2n) is 9.56. The first-order valence-corrected chi connectivity index (χ1v) is 11.8. The number of nitrogens with one attached hydrogen (secondary N) is 1. The van der Waals surface area contributed by atoms with Crippen LogP contribution >= 0.6 is 15.9 Å². The summed E-state index contributed by atoms with van der Waals surface area (Å²) in [7, 11) is 0. The Morgan fingerprint density at radius 3 is 2.34 bits per heavy atom. The fourth-order valence-electron chi connectivity index (χ4n) is 3.28. The zero-order chi connectivity index (χ0) is 24.1. The zero-order valence-electron chi connectivity index (χ0n) is 20.2. The first-order valence-electron chi connectivity index (χ1n) is 11.0. The summed E-state index contributed by atoms with van der Waals surface area (Å²) in [5.74, 6) is 0.558. The van der Waals surface area contributed by atoms with Crippen LogP contribution in [0.3, 0.4) is 0 Å². The van der Waals surface area contributed by atoms with E-state index in [2.05, 4.69) is 35.1 Å². The largest absolute Gasteiger partial charge is 0.483 e. The summed E-state index contributed by atoms with van der Waals surface area (Å²) in [5.41, 5.74) is 2.87. The molecule has 174 valence electrons. The van der Waals surface area contributed by atoms with Crippen LogP contribution in [0, 0.1) is 6.92 Å². The van der Waals surface area contributed by atoms with Crippen LogP contribution in [0.4, 0.5) is 0 Å². The van der Waals surface area contributed by atoms with Crippen molar-refractivity contribution in [2.45, 2.75) is 72.5 Å². The molecule has 0 aliphatic carbocycles. The van der Waals surface area contributed by atoms with Gasteiger partial charge in [-0.3, -0.25) is 9.59 Å². The van der Waals surface area contributed by atoms with E-state index in [9.17, 15) is 9.59 Å². The van der Waals surface area contributed by atoms with Crippen LogP contribution in [0.1, 0.15) is 64.2 Å². The molecule has 5 nitrogen and oxygen atoms in total. The maximum atomic E-state index is 13.2. The third kappa shape index (κ3) is 7.66. The number of amides is 2. The lowest BCUT2D eigenvalue weighted by atomic mass is 10.0. The van der Waals surface area contributed by atoms with E-state index in [1.54, 1.807) is 11.8 Å². The van der Waals surface area contributed by atoms with Gasteiger partial charge >= 0.3 is 0 Å². The van der Waals surface area contributed by atoms with Crippen molar-refractivity contribution >= 4 is 27.7 Å². The Balaban J connectivity index is 2.20. The number of carbonyl (C=O) groups is 2. The van der Waals surface area contributed by atoms with Crippen molar-refractivity contribution in [3.8, 4) is 5.75 Å². The molecule has 2 rings (SSSR count). The van der Waals surface area contributed by atoms with Crippen molar-refractivity contribution < 1.29 is 14.3 Å². The molecule has 2 aromatic rings. The van der Waals surface area contributed by atoms with E-state index in [-0.39, 0.29) is 24.0 Å². The van der Waals surface area contributed by atoms with Crippen molar-refractivity contribution in [3.05, 3.63) is 63.6 Å². The highest BCUT2D eigenvalue weighted by Crippen LogP contribution is 2.29. The van der Waals surface area contributed by atoms with E-state index in [0.717, 1.165) is 15.6 Å². The minimum atomic E-state index is -0.641. The Morgan fingerprint density at radius 1 is 1.09 bits per heavy atom. The number of ether oxygens (including phenoxy) is 1. The molecule has 0 spiro atoms. The van der Waals surface area contributed by atoms with Crippen molar-refractivity contribution in [2.75, 3.05) is 6.61 Å². The summed E-state index contributed by atoms with van der Waals surface area (Å²) in [5, 5.41) is 2.97. The number of hydrogen-bond acceptors (Lipinski definition) is 3. The summed E-state index contributed by atoms with van der Waals surface area (Å²) in [4.78, 5) is 27.6. The normalized spacial score (nSPS) is 12.4. The Bertz CT molecular complexity index is 950. The van der Waals surface area contributed by atoms with Crippen LogP contribution < -0.4 is 10.1 Å². The first-order chi connectivity index (χ1) is 14.9. The summed E-state index contributed by atoms with van der Waals surface area (Å²) < 4.78 is 6.64.